The van der Waals surface area contributed by atoms with Crippen molar-refractivity contribution in [1.82, 2.24) is 9.97 Å². The van der Waals surface area contributed by atoms with Gasteiger partial charge in [0.15, 0.2) is 5.82 Å². The molecule has 1 aliphatic rings. The zero-order valence-electron chi connectivity index (χ0n) is 18.6. The summed E-state index contributed by atoms with van der Waals surface area (Å²) in [6, 6.07) is 12.0. The molecule has 3 aromatic rings. The topological polar surface area (TPSA) is 99.6 Å². The van der Waals surface area contributed by atoms with E-state index in [-0.39, 0.29) is 5.28 Å². The predicted octanol–water partition coefficient (Wildman–Crippen LogP) is 5.55. The van der Waals surface area contributed by atoms with E-state index >= 15 is 0 Å². The van der Waals surface area contributed by atoms with Gasteiger partial charge in [-0.15, -0.1) is 0 Å². The number of carbonyl (C=O) groups is 1. The molecule has 0 unspecified atom stereocenters. The lowest BCUT2D eigenvalue weighted by Crippen LogP contribution is -2.37. The third kappa shape index (κ3) is 6.08. The third-order valence-corrected chi connectivity index (χ3v) is 6.07. The van der Waals surface area contributed by atoms with Gasteiger partial charge in [-0.2, -0.15) is 4.98 Å². The van der Waals surface area contributed by atoms with Gasteiger partial charge >= 0.3 is 6.09 Å². The highest BCUT2D eigenvalue weighted by atomic mass is 35.5. The van der Waals surface area contributed by atoms with Gasteiger partial charge in [-0.25, -0.2) is 9.78 Å². The first-order valence-corrected chi connectivity index (χ1v) is 11.6. The van der Waals surface area contributed by atoms with Crippen LogP contribution < -0.4 is 15.5 Å². The van der Waals surface area contributed by atoms with Gasteiger partial charge in [-0.05, 0) is 72.3 Å². The molecule has 0 aliphatic carbocycles. The minimum absolute atomic E-state index is 0.115. The van der Waals surface area contributed by atoms with E-state index in [9.17, 15) is 9.90 Å². The average Bonchev–Trinajstić information content (AvgIpc) is 2.82. The fourth-order valence-corrected chi connectivity index (χ4v) is 4.21. The molecule has 0 bridgehead atoms. The van der Waals surface area contributed by atoms with Gasteiger partial charge < -0.3 is 20.1 Å². The number of nitrogens with zero attached hydrogens (tertiary/aromatic N) is 3. The molecule has 10 heteroatoms. The molecule has 0 saturated carbocycles. The lowest BCUT2D eigenvalue weighted by Gasteiger charge is -2.31. The molecular weight excluding hydrogens is 477 g/mol. The van der Waals surface area contributed by atoms with Crippen molar-refractivity contribution in [3.8, 4) is 0 Å². The van der Waals surface area contributed by atoms with Crippen LogP contribution in [0.3, 0.4) is 0 Å². The molecule has 0 radical (unpaired) electrons. The lowest BCUT2D eigenvalue weighted by atomic mass is 9.99. The van der Waals surface area contributed by atoms with Crippen molar-refractivity contribution in [1.29, 1.82) is 0 Å². The standard InChI is InChI=1S/C24H25Cl2N5O3/c1-15-11-21(31-7-9-34-10-8-31)17(13-20(15)29-24(32)33)6-5-16-3-2-4-18(12-16)28-22-19(25)14-27-23(26)30-22/h2-4,11-14,29H,5-10H2,1H3,(H,32,33)(H,27,28,30). The zero-order chi connectivity index (χ0) is 24.1. The lowest BCUT2D eigenvalue weighted by molar-refractivity contribution is 0.122. The first kappa shape index (κ1) is 24.1. The van der Waals surface area contributed by atoms with Crippen molar-refractivity contribution in [3.05, 3.63) is 69.6 Å². The van der Waals surface area contributed by atoms with Crippen molar-refractivity contribution in [2.45, 2.75) is 19.8 Å². The monoisotopic (exact) mass is 501 g/mol. The second kappa shape index (κ2) is 10.9. The molecular formula is C24H25Cl2N5O3. The number of aryl methyl sites for hydroxylation is 3. The molecule has 1 fully saturated rings. The highest BCUT2D eigenvalue weighted by molar-refractivity contribution is 6.33. The van der Waals surface area contributed by atoms with Gasteiger partial charge in [0.25, 0.3) is 0 Å². The van der Waals surface area contributed by atoms with E-state index in [2.05, 4.69) is 37.6 Å². The van der Waals surface area contributed by atoms with E-state index in [1.54, 1.807) is 0 Å². The van der Waals surface area contributed by atoms with Crippen LogP contribution in [0.15, 0.2) is 42.6 Å². The van der Waals surface area contributed by atoms with Gasteiger partial charge in [0.05, 0.1) is 19.4 Å². The molecule has 1 aromatic heterocycles. The van der Waals surface area contributed by atoms with Crippen LogP contribution >= 0.6 is 23.2 Å². The number of nitrogens with one attached hydrogen (secondary N) is 2. The number of amides is 1. The van der Waals surface area contributed by atoms with Gasteiger partial charge in [-0.1, -0.05) is 23.7 Å². The number of rotatable bonds is 7. The molecule has 34 heavy (non-hydrogen) atoms. The summed E-state index contributed by atoms with van der Waals surface area (Å²) < 4.78 is 5.51. The number of halogens is 2. The number of hydrogen-bond acceptors (Lipinski definition) is 6. The molecule has 2 heterocycles. The number of hydrogen-bond donors (Lipinski definition) is 3. The van der Waals surface area contributed by atoms with E-state index in [1.165, 1.54) is 6.20 Å². The maximum atomic E-state index is 11.3. The van der Waals surface area contributed by atoms with Crippen molar-refractivity contribution in [2.24, 2.45) is 0 Å². The summed E-state index contributed by atoms with van der Waals surface area (Å²) in [5, 5.41) is 15.4. The summed E-state index contributed by atoms with van der Waals surface area (Å²) in [5.41, 5.74) is 5.64. The van der Waals surface area contributed by atoms with Crippen LogP contribution in [0, 0.1) is 6.92 Å². The highest BCUT2D eigenvalue weighted by Gasteiger charge is 2.17. The smallest absolute Gasteiger partial charge is 0.409 e. The quantitative estimate of drug-likeness (QED) is 0.365. The maximum absolute atomic E-state index is 11.3. The van der Waals surface area contributed by atoms with Crippen molar-refractivity contribution < 1.29 is 14.6 Å². The third-order valence-electron chi connectivity index (χ3n) is 5.61. The van der Waals surface area contributed by atoms with E-state index in [0.29, 0.717) is 29.7 Å². The van der Waals surface area contributed by atoms with Crippen LogP contribution in [0.1, 0.15) is 16.7 Å². The number of aromatic nitrogens is 2. The van der Waals surface area contributed by atoms with Crippen LogP contribution in [-0.2, 0) is 17.6 Å². The second-order valence-electron chi connectivity index (χ2n) is 7.99. The van der Waals surface area contributed by atoms with Crippen molar-refractivity contribution >= 4 is 52.2 Å². The van der Waals surface area contributed by atoms with Gasteiger partial charge in [0.2, 0.25) is 5.28 Å². The Hall–Kier alpha value is -3.07. The Labute approximate surface area is 207 Å². The summed E-state index contributed by atoms with van der Waals surface area (Å²) in [6.07, 6.45) is 1.89. The van der Waals surface area contributed by atoms with Crippen molar-refractivity contribution in [3.63, 3.8) is 0 Å². The number of carboxylic acid groups (broad SMARTS) is 1. The Morgan fingerprint density at radius 2 is 1.97 bits per heavy atom. The minimum atomic E-state index is -1.07. The Bertz CT molecular complexity index is 1190. The molecule has 4 rings (SSSR count). The fraction of sp³-hybridized carbons (Fsp3) is 0.292. The molecule has 1 aliphatic heterocycles. The van der Waals surface area contributed by atoms with E-state index in [4.69, 9.17) is 27.9 Å². The fourth-order valence-electron chi connectivity index (χ4n) is 3.94. The van der Waals surface area contributed by atoms with Crippen LogP contribution in [0.5, 0.6) is 0 Å². The summed E-state index contributed by atoms with van der Waals surface area (Å²) in [4.78, 5) is 21.6. The number of benzene rings is 2. The van der Waals surface area contributed by atoms with Crippen molar-refractivity contribution in [2.75, 3.05) is 41.8 Å². The Morgan fingerprint density at radius 1 is 1.18 bits per heavy atom. The van der Waals surface area contributed by atoms with Crippen LogP contribution in [0.2, 0.25) is 10.3 Å². The molecule has 1 saturated heterocycles. The first-order chi connectivity index (χ1) is 16.4. The van der Waals surface area contributed by atoms with Crippen LogP contribution in [0.25, 0.3) is 0 Å². The first-order valence-electron chi connectivity index (χ1n) is 10.9. The molecule has 3 N–H and O–H groups in total. The highest BCUT2D eigenvalue weighted by Crippen LogP contribution is 2.30. The van der Waals surface area contributed by atoms with E-state index in [0.717, 1.165) is 54.0 Å². The van der Waals surface area contributed by atoms with Gasteiger partial charge in [0.1, 0.15) is 5.02 Å². The van der Waals surface area contributed by atoms with Crippen LogP contribution in [0.4, 0.5) is 27.7 Å². The second-order valence-corrected chi connectivity index (χ2v) is 8.73. The van der Waals surface area contributed by atoms with Gasteiger partial charge in [-0.3, -0.25) is 5.32 Å². The minimum Gasteiger partial charge on any atom is -0.465 e. The number of anilines is 4. The zero-order valence-corrected chi connectivity index (χ0v) is 20.2. The summed E-state index contributed by atoms with van der Waals surface area (Å²) in [7, 11) is 0. The van der Waals surface area contributed by atoms with E-state index < -0.39 is 6.09 Å². The number of morpholine rings is 1. The summed E-state index contributed by atoms with van der Waals surface area (Å²) in [5.74, 6) is 0.441. The SMILES string of the molecule is Cc1cc(N2CCOCC2)c(CCc2cccc(Nc3nc(Cl)ncc3Cl)c2)cc1NC(=O)O. The molecule has 178 valence electrons. The van der Waals surface area contributed by atoms with Gasteiger partial charge in [0, 0.05) is 30.2 Å². The Balaban J connectivity index is 1.55. The normalized spacial score (nSPS) is 13.6. The molecule has 8 nitrogen and oxygen atoms in total. The summed E-state index contributed by atoms with van der Waals surface area (Å²) >= 11 is 12.1. The Morgan fingerprint density at radius 3 is 2.74 bits per heavy atom. The van der Waals surface area contributed by atoms with E-state index in [1.807, 2.05) is 31.2 Å². The molecule has 2 aromatic carbocycles. The summed E-state index contributed by atoms with van der Waals surface area (Å²) in [6.45, 7) is 4.88. The molecule has 0 atom stereocenters. The Kier molecular flexibility index (Phi) is 7.72. The largest absolute Gasteiger partial charge is 0.465 e. The average molecular weight is 502 g/mol. The predicted molar refractivity (Wildman–Crippen MR) is 135 cm³/mol. The molecule has 0 spiro atoms. The maximum Gasteiger partial charge on any atom is 0.409 e. The van der Waals surface area contributed by atoms with Crippen LogP contribution in [-0.4, -0.2) is 47.5 Å². The molecule has 1 amide bonds. The number of ether oxygens (including phenoxy) is 1.